The molecule has 1 unspecified atom stereocenters. The summed E-state index contributed by atoms with van der Waals surface area (Å²) in [5.41, 5.74) is 5.29. The molecular weight excluding hydrogens is 279 g/mol. The van der Waals surface area contributed by atoms with Crippen molar-refractivity contribution < 1.29 is 32.5 Å². The summed E-state index contributed by atoms with van der Waals surface area (Å²) >= 11 is 0. The summed E-state index contributed by atoms with van der Waals surface area (Å²) in [5, 5.41) is 9.36. The SMILES string of the molecule is NCCCOc1ccc(C(O)OC(=O)C(F)(F)F)cc1. The molecule has 5 nitrogen and oxygen atoms in total. The molecule has 1 aromatic rings. The van der Waals surface area contributed by atoms with Crippen molar-refractivity contribution in [2.24, 2.45) is 5.73 Å². The molecular formula is C12H14F3NO4. The monoisotopic (exact) mass is 293 g/mol. The van der Waals surface area contributed by atoms with Crippen LogP contribution in [0.15, 0.2) is 24.3 Å². The van der Waals surface area contributed by atoms with Crippen molar-refractivity contribution in [3.05, 3.63) is 29.8 Å². The molecule has 0 heterocycles. The van der Waals surface area contributed by atoms with Gasteiger partial charge in [0.05, 0.1) is 6.61 Å². The van der Waals surface area contributed by atoms with Crippen LogP contribution in [0.5, 0.6) is 5.75 Å². The molecule has 0 bridgehead atoms. The Morgan fingerprint density at radius 2 is 1.90 bits per heavy atom. The summed E-state index contributed by atoms with van der Waals surface area (Å²) in [4.78, 5) is 10.5. The van der Waals surface area contributed by atoms with Gasteiger partial charge in [-0.25, -0.2) is 4.79 Å². The molecule has 0 aliphatic heterocycles. The first-order valence-electron chi connectivity index (χ1n) is 5.73. The Balaban J connectivity index is 2.57. The maximum atomic E-state index is 11.9. The molecule has 0 amide bonds. The lowest BCUT2D eigenvalue weighted by molar-refractivity contribution is -0.220. The smallest absolute Gasteiger partial charge is 0.491 e. The van der Waals surface area contributed by atoms with E-state index in [0.717, 1.165) is 0 Å². The predicted molar refractivity (Wildman–Crippen MR) is 62.7 cm³/mol. The lowest BCUT2D eigenvalue weighted by atomic mass is 10.2. The Morgan fingerprint density at radius 3 is 2.40 bits per heavy atom. The van der Waals surface area contributed by atoms with Gasteiger partial charge >= 0.3 is 12.1 Å². The lowest BCUT2D eigenvalue weighted by Crippen LogP contribution is -2.27. The van der Waals surface area contributed by atoms with E-state index < -0.39 is 18.4 Å². The van der Waals surface area contributed by atoms with Crippen LogP contribution in [-0.2, 0) is 9.53 Å². The normalized spacial score (nSPS) is 12.8. The molecule has 0 spiro atoms. The molecule has 0 fully saturated rings. The molecule has 112 valence electrons. The Morgan fingerprint density at radius 1 is 1.30 bits per heavy atom. The van der Waals surface area contributed by atoms with Crippen molar-refractivity contribution >= 4 is 5.97 Å². The molecule has 0 saturated heterocycles. The van der Waals surface area contributed by atoms with Gasteiger partial charge in [-0.2, -0.15) is 13.2 Å². The number of aliphatic hydroxyl groups is 1. The molecule has 1 atom stereocenters. The summed E-state index contributed by atoms with van der Waals surface area (Å²) in [7, 11) is 0. The number of hydrogen-bond acceptors (Lipinski definition) is 5. The number of carbonyl (C=O) groups excluding carboxylic acids is 1. The van der Waals surface area contributed by atoms with E-state index in [-0.39, 0.29) is 5.56 Å². The maximum absolute atomic E-state index is 11.9. The molecule has 1 rings (SSSR count). The van der Waals surface area contributed by atoms with Gasteiger partial charge in [0.2, 0.25) is 6.29 Å². The van der Waals surface area contributed by atoms with Crippen molar-refractivity contribution in [1.29, 1.82) is 0 Å². The number of esters is 1. The van der Waals surface area contributed by atoms with Crippen molar-refractivity contribution in [2.45, 2.75) is 18.9 Å². The van der Waals surface area contributed by atoms with Crippen LogP contribution in [0.3, 0.4) is 0 Å². The Kier molecular flexibility index (Phi) is 5.78. The van der Waals surface area contributed by atoms with Gasteiger partial charge in [-0.15, -0.1) is 0 Å². The van der Waals surface area contributed by atoms with Gasteiger partial charge in [0.1, 0.15) is 5.75 Å². The van der Waals surface area contributed by atoms with Gasteiger partial charge < -0.3 is 20.3 Å². The maximum Gasteiger partial charge on any atom is 0.491 e. The van der Waals surface area contributed by atoms with Crippen LogP contribution < -0.4 is 10.5 Å². The third kappa shape index (κ3) is 5.06. The van der Waals surface area contributed by atoms with E-state index >= 15 is 0 Å². The average Bonchev–Trinajstić information content (AvgIpc) is 2.38. The van der Waals surface area contributed by atoms with Crippen LogP contribution in [0, 0.1) is 0 Å². The van der Waals surface area contributed by atoms with Crippen LogP contribution in [0.25, 0.3) is 0 Å². The average molecular weight is 293 g/mol. The van der Waals surface area contributed by atoms with E-state index in [9.17, 15) is 23.1 Å². The molecule has 1 aromatic carbocycles. The fourth-order valence-corrected chi connectivity index (χ4v) is 1.24. The summed E-state index contributed by atoms with van der Waals surface area (Å²) in [6.07, 6.45) is -6.47. The number of rotatable bonds is 6. The molecule has 0 aliphatic rings. The number of halogens is 3. The highest BCUT2D eigenvalue weighted by Crippen LogP contribution is 2.23. The second-order valence-corrected chi connectivity index (χ2v) is 3.82. The molecule has 0 aromatic heterocycles. The van der Waals surface area contributed by atoms with Crippen LogP contribution in [-0.4, -0.2) is 30.4 Å². The number of hydrogen-bond donors (Lipinski definition) is 2. The van der Waals surface area contributed by atoms with E-state index in [2.05, 4.69) is 4.74 Å². The Bertz CT molecular complexity index is 433. The standard InChI is InChI=1S/C12H14F3NO4/c13-12(14,15)11(18)20-10(17)8-2-4-9(5-3-8)19-7-1-6-16/h2-5,10,17H,1,6-7,16H2. The summed E-state index contributed by atoms with van der Waals surface area (Å²) in [6.45, 7) is 0.881. The second-order valence-electron chi connectivity index (χ2n) is 3.82. The molecule has 20 heavy (non-hydrogen) atoms. The molecule has 8 heteroatoms. The minimum absolute atomic E-state index is 0.00812. The predicted octanol–water partition coefficient (Wildman–Crippen LogP) is 1.51. The quantitative estimate of drug-likeness (QED) is 0.472. The third-order valence-electron chi connectivity index (χ3n) is 2.23. The van der Waals surface area contributed by atoms with Crippen molar-refractivity contribution in [2.75, 3.05) is 13.2 Å². The first kappa shape index (κ1) is 16.3. The molecule has 3 N–H and O–H groups in total. The topological polar surface area (TPSA) is 81.8 Å². The minimum atomic E-state index is -5.15. The first-order valence-corrected chi connectivity index (χ1v) is 5.73. The van der Waals surface area contributed by atoms with Gasteiger partial charge in [-0.1, -0.05) is 0 Å². The Labute approximate surface area is 113 Å². The van der Waals surface area contributed by atoms with E-state index in [1.54, 1.807) is 0 Å². The highest BCUT2D eigenvalue weighted by Gasteiger charge is 2.42. The largest absolute Gasteiger partial charge is 0.494 e. The van der Waals surface area contributed by atoms with E-state index in [1.807, 2.05) is 0 Å². The van der Waals surface area contributed by atoms with Gasteiger partial charge in [0.15, 0.2) is 0 Å². The van der Waals surface area contributed by atoms with Gasteiger partial charge in [0, 0.05) is 5.56 Å². The highest BCUT2D eigenvalue weighted by atomic mass is 19.4. The van der Waals surface area contributed by atoms with E-state index in [1.165, 1.54) is 24.3 Å². The molecule has 0 radical (unpaired) electrons. The summed E-state index contributed by atoms with van der Waals surface area (Å²) < 4.78 is 45.0. The van der Waals surface area contributed by atoms with Crippen molar-refractivity contribution in [1.82, 2.24) is 0 Å². The number of ether oxygens (including phenoxy) is 2. The Hall–Kier alpha value is -1.80. The summed E-state index contributed by atoms with van der Waals surface area (Å²) in [5.74, 6) is -1.98. The first-order chi connectivity index (χ1) is 9.34. The van der Waals surface area contributed by atoms with E-state index in [4.69, 9.17) is 10.5 Å². The van der Waals surface area contributed by atoms with Crippen LogP contribution in [0.2, 0.25) is 0 Å². The minimum Gasteiger partial charge on any atom is -0.494 e. The van der Waals surface area contributed by atoms with Crippen molar-refractivity contribution in [3.8, 4) is 5.75 Å². The number of carbonyl (C=O) groups is 1. The zero-order valence-corrected chi connectivity index (χ0v) is 10.4. The van der Waals surface area contributed by atoms with Crippen LogP contribution >= 0.6 is 0 Å². The number of benzene rings is 1. The summed E-state index contributed by atoms with van der Waals surface area (Å²) in [6, 6.07) is 5.48. The van der Waals surface area contributed by atoms with Crippen molar-refractivity contribution in [3.63, 3.8) is 0 Å². The zero-order valence-electron chi connectivity index (χ0n) is 10.4. The molecule has 0 aliphatic carbocycles. The lowest BCUT2D eigenvalue weighted by Gasteiger charge is -2.14. The fraction of sp³-hybridized carbons (Fsp3) is 0.417. The van der Waals surface area contributed by atoms with Gasteiger partial charge in [-0.3, -0.25) is 0 Å². The number of nitrogens with two attached hydrogens (primary N) is 1. The van der Waals surface area contributed by atoms with Crippen LogP contribution in [0.1, 0.15) is 18.3 Å². The van der Waals surface area contributed by atoms with E-state index in [0.29, 0.717) is 25.3 Å². The number of alkyl halides is 3. The fourth-order valence-electron chi connectivity index (χ4n) is 1.24. The third-order valence-corrected chi connectivity index (χ3v) is 2.23. The van der Waals surface area contributed by atoms with Gasteiger partial charge in [0.25, 0.3) is 0 Å². The number of aliphatic hydroxyl groups excluding tert-OH is 1. The van der Waals surface area contributed by atoms with Crippen LogP contribution in [0.4, 0.5) is 13.2 Å². The molecule has 0 saturated carbocycles. The van der Waals surface area contributed by atoms with Gasteiger partial charge in [-0.05, 0) is 37.2 Å². The highest BCUT2D eigenvalue weighted by molar-refractivity contribution is 5.75. The second kappa shape index (κ2) is 7.11. The zero-order chi connectivity index (χ0) is 15.2.